The van der Waals surface area contributed by atoms with Crippen molar-refractivity contribution in [2.24, 2.45) is 0 Å². The van der Waals surface area contributed by atoms with Crippen LogP contribution in [0.15, 0.2) is 74.8 Å². The van der Waals surface area contributed by atoms with E-state index in [9.17, 15) is 18.0 Å². The zero-order valence-corrected chi connectivity index (χ0v) is 19.4. The molecule has 1 N–H and O–H groups in total. The van der Waals surface area contributed by atoms with E-state index in [0.29, 0.717) is 25.2 Å². The molecule has 1 fully saturated rings. The molecule has 1 aliphatic rings. The maximum absolute atomic E-state index is 12.8. The van der Waals surface area contributed by atoms with Gasteiger partial charge in [-0.25, -0.2) is 13.2 Å². The second-order valence-corrected chi connectivity index (χ2v) is 10.4. The van der Waals surface area contributed by atoms with Crippen molar-refractivity contribution in [3.8, 4) is 0 Å². The zero-order chi connectivity index (χ0) is 23.7. The van der Waals surface area contributed by atoms with Gasteiger partial charge in [-0.3, -0.25) is 9.36 Å². The van der Waals surface area contributed by atoms with E-state index in [-0.39, 0.29) is 29.4 Å². The van der Waals surface area contributed by atoms with Gasteiger partial charge in [0.05, 0.1) is 10.4 Å². The van der Waals surface area contributed by atoms with E-state index in [1.165, 1.54) is 21.0 Å². The smallest absolute Gasteiger partial charge is 0.408 e. The summed E-state index contributed by atoms with van der Waals surface area (Å²) in [7, 11) is -3.61. The molecule has 0 spiro atoms. The number of rotatable bonds is 7. The molecule has 176 valence electrons. The SMILES string of the molecule is O=C(CCn1c(=O)oc2cc(S(=O)(=O)N3CCCC3)ccc21)NCc1cccc2ccccc12. The van der Waals surface area contributed by atoms with E-state index in [2.05, 4.69) is 5.32 Å². The number of nitrogens with one attached hydrogen (secondary N) is 1. The highest BCUT2D eigenvalue weighted by atomic mass is 32.2. The number of hydrogen-bond donors (Lipinski definition) is 1. The number of benzene rings is 3. The highest BCUT2D eigenvalue weighted by molar-refractivity contribution is 7.89. The predicted octanol–water partition coefficient (Wildman–Crippen LogP) is 3.24. The molecule has 34 heavy (non-hydrogen) atoms. The Morgan fingerprint density at radius 2 is 1.76 bits per heavy atom. The molecule has 4 aromatic rings. The van der Waals surface area contributed by atoms with Gasteiger partial charge in [0.15, 0.2) is 5.58 Å². The lowest BCUT2D eigenvalue weighted by Gasteiger charge is -2.15. The highest BCUT2D eigenvalue weighted by Crippen LogP contribution is 2.24. The summed E-state index contributed by atoms with van der Waals surface area (Å²) in [6.07, 6.45) is 1.78. The van der Waals surface area contributed by atoms with Crippen molar-refractivity contribution in [2.75, 3.05) is 13.1 Å². The molecule has 0 aliphatic carbocycles. The zero-order valence-electron chi connectivity index (χ0n) is 18.6. The minimum atomic E-state index is -3.61. The molecule has 0 atom stereocenters. The Morgan fingerprint density at radius 3 is 2.59 bits per heavy atom. The molecule has 1 amide bonds. The van der Waals surface area contributed by atoms with Gasteiger partial charge in [0.1, 0.15) is 0 Å². The molecule has 1 aliphatic heterocycles. The average molecular weight is 480 g/mol. The van der Waals surface area contributed by atoms with Gasteiger partial charge in [-0.15, -0.1) is 0 Å². The van der Waals surface area contributed by atoms with Crippen LogP contribution in [0, 0.1) is 0 Å². The lowest BCUT2D eigenvalue weighted by Crippen LogP contribution is -2.27. The minimum Gasteiger partial charge on any atom is -0.408 e. The fraction of sp³-hybridized carbons (Fsp3) is 0.280. The second-order valence-electron chi connectivity index (χ2n) is 8.43. The number of aryl methyl sites for hydroxylation is 1. The normalized spacial score (nSPS) is 14.7. The Bertz CT molecular complexity index is 1530. The lowest BCUT2D eigenvalue weighted by atomic mass is 10.0. The molecule has 8 nitrogen and oxygen atoms in total. The summed E-state index contributed by atoms with van der Waals surface area (Å²) in [5.41, 5.74) is 1.68. The van der Waals surface area contributed by atoms with Gasteiger partial charge in [-0.05, 0) is 41.3 Å². The van der Waals surface area contributed by atoms with Crippen molar-refractivity contribution in [3.63, 3.8) is 0 Å². The molecule has 9 heteroatoms. The van der Waals surface area contributed by atoms with Crippen LogP contribution in [0.3, 0.4) is 0 Å². The third-order valence-corrected chi connectivity index (χ3v) is 8.16. The number of aromatic nitrogens is 1. The first kappa shape index (κ1) is 22.4. The molecule has 0 bridgehead atoms. The third kappa shape index (κ3) is 4.24. The summed E-state index contributed by atoms with van der Waals surface area (Å²) in [5, 5.41) is 5.10. The maximum Gasteiger partial charge on any atom is 0.419 e. The molecular weight excluding hydrogens is 454 g/mol. The summed E-state index contributed by atoms with van der Waals surface area (Å²) in [5.74, 6) is -0.810. The van der Waals surface area contributed by atoms with Crippen LogP contribution in [0.5, 0.6) is 0 Å². The molecule has 1 saturated heterocycles. The van der Waals surface area contributed by atoms with E-state index in [1.807, 2.05) is 42.5 Å². The summed E-state index contributed by atoms with van der Waals surface area (Å²) in [6, 6.07) is 18.4. The van der Waals surface area contributed by atoms with Gasteiger partial charge >= 0.3 is 5.76 Å². The van der Waals surface area contributed by atoms with Crippen LogP contribution in [-0.2, 0) is 27.9 Å². The Balaban J connectivity index is 1.28. The maximum atomic E-state index is 12.8. The second kappa shape index (κ2) is 9.08. The van der Waals surface area contributed by atoms with E-state index in [0.717, 1.165) is 29.2 Å². The number of carbonyl (C=O) groups excluding carboxylic acids is 1. The van der Waals surface area contributed by atoms with Crippen molar-refractivity contribution < 1.29 is 17.6 Å². The van der Waals surface area contributed by atoms with Crippen LogP contribution >= 0.6 is 0 Å². The first-order valence-electron chi connectivity index (χ1n) is 11.3. The number of carbonyl (C=O) groups is 1. The van der Waals surface area contributed by atoms with Gasteiger partial charge < -0.3 is 9.73 Å². The van der Waals surface area contributed by atoms with Crippen LogP contribution in [0.4, 0.5) is 0 Å². The Morgan fingerprint density at radius 1 is 1.00 bits per heavy atom. The van der Waals surface area contributed by atoms with Crippen molar-refractivity contribution >= 4 is 37.8 Å². The number of amides is 1. The Labute approximate surface area is 196 Å². The average Bonchev–Trinajstić information content (AvgIpc) is 3.49. The van der Waals surface area contributed by atoms with E-state index < -0.39 is 15.8 Å². The number of oxazole rings is 1. The Hall–Kier alpha value is -3.43. The predicted molar refractivity (Wildman–Crippen MR) is 129 cm³/mol. The van der Waals surface area contributed by atoms with E-state index in [4.69, 9.17) is 4.42 Å². The topological polar surface area (TPSA) is 102 Å². The van der Waals surface area contributed by atoms with Gasteiger partial charge in [-0.2, -0.15) is 4.31 Å². The Kier molecular flexibility index (Phi) is 5.97. The third-order valence-electron chi connectivity index (χ3n) is 6.26. The fourth-order valence-electron chi connectivity index (χ4n) is 4.44. The van der Waals surface area contributed by atoms with Crippen LogP contribution in [-0.4, -0.2) is 36.3 Å². The molecule has 5 rings (SSSR count). The molecular formula is C25H25N3O5S. The van der Waals surface area contributed by atoms with Crippen molar-refractivity contribution in [3.05, 3.63) is 76.8 Å². The van der Waals surface area contributed by atoms with E-state index in [1.54, 1.807) is 6.07 Å². The lowest BCUT2D eigenvalue weighted by molar-refractivity contribution is -0.121. The van der Waals surface area contributed by atoms with Gasteiger partial charge in [-0.1, -0.05) is 42.5 Å². The summed E-state index contributed by atoms with van der Waals surface area (Å²) < 4.78 is 33.7. The van der Waals surface area contributed by atoms with Crippen LogP contribution < -0.4 is 11.1 Å². The number of hydrogen-bond acceptors (Lipinski definition) is 5. The van der Waals surface area contributed by atoms with Crippen molar-refractivity contribution in [1.82, 2.24) is 14.2 Å². The van der Waals surface area contributed by atoms with Crippen molar-refractivity contribution in [2.45, 2.75) is 37.2 Å². The monoisotopic (exact) mass is 479 g/mol. The first-order valence-corrected chi connectivity index (χ1v) is 12.7. The van der Waals surface area contributed by atoms with Crippen LogP contribution in [0.25, 0.3) is 21.9 Å². The van der Waals surface area contributed by atoms with Crippen molar-refractivity contribution in [1.29, 1.82) is 0 Å². The number of fused-ring (bicyclic) bond motifs is 2. The molecule has 0 unspecified atom stereocenters. The van der Waals surface area contributed by atoms with E-state index >= 15 is 0 Å². The molecule has 2 heterocycles. The molecule has 1 aromatic heterocycles. The number of nitrogens with zero attached hydrogens (tertiary/aromatic N) is 2. The van der Waals surface area contributed by atoms with Crippen LogP contribution in [0.1, 0.15) is 24.8 Å². The standard InChI is InChI=1S/C25H25N3O5S/c29-24(26-17-19-8-5-7-18-6-1-2-9-21(18)19)12-15-28-22-11-10-20(16-23(22)33-25(28)30)34(31,32)27-13-3-4-14-27/h1-2,5-11,16H,3-4,12-15,17H2,(H,26,29). The number of sulfonamides is 1. The first-order chi connectivity index (χ1) is 16.4. The summed E-state index contributed by atoms with van der Waals surface area (Å²) in [4.78, 5) is 25.0. The van der Waals surface area contributed by atoms with Crippen LogP contribution in [0.2, 0.25) is 0 Å². The van der Waals surface area contributed by atoms with Gasteiger partial charge in [0, 0.05) is 38.7 Å². The molecule has 0 saturated carbocycles. The molecule has 0 radical (unpaired) electrons. The van der Waals surface area contributed by atoms with Gasteiger partial charge in [0.25, 0.3) is 0 Å². The largest absolute Gasteiger partial charge is 0.419 e. The quantitative estimate of drug-likeness (QED) is 0.439. The molecule has 3 aromatic carbocycles. The van der Waals surface area contributed by atoms with Gasteiger partial charge in [0.2, 0.25) is 15.9 Å². The minimum absolute atomic E-state index is 0.0904. The summed E-state index contributed by atoms with van der Waals surface area (Å²) in [6.45, 7) is 1.52. The summed E-state index contributed by atoms with van der Waals surface area (Å²) >= 11 is 0. The fourth-order valence-corrected chi connectivity index (χ4v) is 5.97. The highest BCUT2D eigenvalue weighted by Gasteiger charge is 2.28.